The van der Waals surface area contributed by atoms with Crippen molar-refractivity contribution in [3.8, 4) is 0 Å². The number of hydrogen-bond donors (Lipinski definition) is 2. The van der Waals surface area contributed by atoms with Gasteiger partial charge in [-0.3, -0.25) is 19.6 Å². The summed E-state index contributed by atoms with van der Waals surface area (Å²) in [5.41, 5.74) is -0.523. The van der Waals surface area contributed by atoms with Crippen molar-refractivity contribution in [3.05, 3.63) is 62.6 Å². The van der Waals surface area contributed by atoms with Crippen LogP contribution < -0.4 is 10.3 Å². The van der Waals surface area contributed by atoms with E-state index in [0.717, 1.165) is 6.07 Å². The molecular weight excluding hydrogens is 298 g/mol. The van der Waals surface area contributed by atoms with E-state index < -0.39 is 20.5 Å². The van der Waals surface area contributed by atoms with Crippen molar-refractivity contribution in [1.29, 1.82) is 0 Å². The number of hydrogen-bond acceptors (Lipinski definition) is 5. The lowest BCUT2D eigenvalue weighted by molar-refractivity contribution is -0.385. The summed E-state index contributed by atoms with van der Waals surface area (Å²) < 4.78 is 26.4. The van der Waals surface area contributed by atoms with Crippen molar-refractivity contribution in [2.75, 3.05) is 4.72 Å². The number of anilines is 1. The molecule has 1 aromatic heterocycles. The van der Waals surface area contributed by atoms with Crippen LogP contribution in [0.15, 0.2) is 46.1 Å². The van der Waals surface area contributed by atoms with Crippen LogP contribution in [0.3, 0.4) is 0 Å². The first kappa shape index (κ1) is 14.7. The highest BCUT2D eigenvalue weighted by Gasteiger charge is 2.18. The largest absolute Gasteiger partial charge is 0.325 e. The van der Waals surface area contributed by atoms with Gasteiger partial charge in [0.25, 0.3) is 21.3 Å². The number of non-ortho nitro benzene ring substituents is 1. The fraction of sp³-hybridized carbons (Fsp3) is 0.0833. The van der Waals surface area contributed by atoms with Gasteiger partial charge in [-0.2, -0.15) is 0 Å². The number of sulfonamides is 1. The molecule has 2 rings (SSSR count). The number of pyridine rings is 1. The number of aromatic nitrogens is 1. The Morgan fingerprint density at radius 3 is 2.57 bits per heavy atom. The molecule has 0 aliphatic heterocycles. The lowest BCUT2D eigenvalue weighted by atomic mass is 10.3. The number of nitrogens with zero attached hydrogens (tertiary/aromatic N) is 1. The van der Waals surface area contributed by atoms with Gasteiger partial charge < -0.3 is 4.98 Å². The Morgan fingerprint density at radius 2 is 1.95 bits per heavy atom. The molecular formula is C12H11N3O5S. The Morgan fingerprint density at radius 1 is 1.24 bits per heavy atom. The van der Waals surface area contributed by atoms with E-state index in [2.05, 4.69) is 9.71 Å². The van der Waals surface area contributed by atoms with Crippen molar-refractivity contribution in [2.45, 2.75) is 11.8 Å². The molecule has 0 aliphatic rings. The average molecular weight is 309 g/mol. The Labute approximate surface area is 119 Å². The second kappa shape index (κ2) is 5.37. The van der Waals surface area contributed by atoms with Crippen molar-refractivity contribution in [1.82, 2.24) is 4.98 Å². The zero-order chi connectivity index (χ0) is 15.6. The van der Waals surface area contributed by atoms with Crippen LogP contribution in [-0.2, 0) is 10.0 Å². The van der Waals surface area contributed by atoms with Gasteiger partial charge >= 0.3 is 0 Å². The molecule has 2 N–H and O–H groups in total. The second-order valence-electron chi connectivity index (χ2n) is 4.24. The highest BCUT2D eigenvalue weighted by Crippen LogP contribution is 2.19. The Hall–Kier alpha value is -2.68. The van der Waals surface area contributed by atoms with Gasteiger partial charge in [-0.1, -0.05) is 6.07 Å². The minimum Gasteiger partial charge on any atom is -0.325 e. The van der Waals surface area contributed by atoms with Gasteiger partial charge in [0.2, 0.25) is 0 Å². The molecule has 0 unspecified atom stereocenters. The molecule has 1 aromatic carbocycles. The molecule has 0 aliphatic carbocycles. The third kappa shape index (κ3) is 3.26. The quantitative estimate of drug-likeness (QED) is 0.652. The highest BCUT2D eigenvalue weighted by molar-refractivity contribution is 7.92. The Bertz CT molecular complexity index is 857. The Kier molecular flexibility index (Phi) is 3.76. The SMILES string of the molecule is Cc1ccc(NS(=O)(=O)c2cccc([N+](=O)[O-])c2)c(=O)[nH]1. The second-order valence-corrected chi connectivity index (χ2v) is 5.93. The van der Waals surface area contributed by atoms with Crippen LogP contribution in [0, 0.1) is 17.0 Å². The Balaban J connectivity index is 2.41. The van der Waals surface area contributed by atoms with Crippen molar-refractivity contribution >= 4 is 21.4 Å². The number of aryl methyl sites for hydroxylation is 1. The number of nitro groups is 1. The number of rotatable bonds is 4. The van der Waals surface area contributed by atoms with Crippen LogP contribution >= 0.6 is 0 Å². The molecule has 0 saturated heterocycles. The summed E-state index contributed by atoms with van der Waals surface area (Å²) in [5, 5.41) is 10.7. The van der Waals surface area contributed by atoms with Gasteiger partial charge in [-0.15, -0.1) is 0 Å². The van der Waals surface area contributed by atoms with Crippen molar-refractivity contribution in [3.63, 3.8) is 0 Å². The van der Waals surface area contributed by atoms with E-state index in [0.29, 0.717) is 5.69 Å². The molecule has 9 heteroatoms. The van der Waals surface area contributed by atoms with E-state index in [1.807, 2.05) is 0 Å². The van der Waals surface area contributed by atoms with Gasteiger partial charge in [0, 0.05) is 17.8 Å². The van der Waals surface area contributed by atoms with Gasteiger partial charge in [-0.25, -0.2) is 8.42 Å². The van der Waals surface area contributed by atoms with Crippen LogP contribution in [0.1, 0.15) is 5.69 Å². The number of nitrogens with one attached hydrogen (secondary N) is 2. The fourth-order valence-electron chi connectivity index (χ4n) is 1.62. The smallest absolute Gasteiger partial charge is 0.272 e. The van der Waals surface area contributed by atoms with Crippen LogP contribution in [0.4, 0.5) is 11.4 Å². The van der Waals surface area contributed by atoms with E-state index in [4.69, 9.17) is 0 Å². The molecule has 0 atom stereocenters. The topological polar surface area (TPSA) is 122 Å². The predicted molar refractivity (Wildman–Crippen MR) is 75.7 cm³/mol. The van der Waals surface area contributed by atoms with E-state index in [-0.39, 0.29) is 16.3 Å². The summed E-state index contributed by atoms with van der Waals surface area (Å²) in [6, 6.07) is 7.42. The maximum Gasteiger partial charge on any atom is 0.272 e. The van der Waals surface area contributed by atoms with E-state index in [1.165, 1.54) is 30.3 Å². The van der Waals surface area contributed by atoms with Crippen molar-refractivity contribution in [2.24, 2.45) is 0 Å². The molecule has 0 bridgehead atoms. The maximum absolute atomic E-state index is 12.1. The summed E-state index contributed by atoms with van der Waals surface area (Å²) in [4.78, 5) is 23.8. The molecule has 0 fully saturated rings. The van der Waals surface area contributed by atoms with Gasteiger partial charge in [-0.05, 0) is 25.1 Å². The monoisotopic (exact) mass is 309 g/mol. The van der Waals surface area contributed by atoms with Crippen molar-refractivity contribution < 1.29 is 13.3 Å². The number of H-pyrrole nitrogens is 1. The molecule has 21 heavy (non-hydrogen) atoms. The predicted octanol–water partition coefficient (Wildman–Crippen LogP) is 1.39. The minimum absolute atomic E-state index is 0.160. The van der Waals surface area contributed by atoms with Gasteiger partial charge in [0.05, 0.1) is 9.82 Å². The molecule has 0 saturated carbocycles. The standard InChI is InChI=1S/C12H11N3O5S/c1-8-5-6-11(12(16)13-8)14-21(19,20)10-4-2-3-9(7-10)15(17)18/h2-7,14H,1H3,(H,13,16). The molecule has 2 aromatic rings. The average Bonchev–Trinajstić information content (AvgIpc) is 2.42. The summed E-state index contributed by atoms with van der Waals surface area (Å²) in [5.74, 6) is 0. The lowest BCUT2D eigenvalue weighted by Crippen LogP contribution is -2.20. The summed E-state index contributed by atoms with van der Waals surface area (Å²) in [6.07, 6.45) is 0. The van der Waals surface area contributed by atoms with Gasteiger partial charge in [0.15, 0.2) is 0 Å². The van der Waals surface area contributed by atoms with E-state index in [1.54, 1.807) is 6.92 Å². The number of benzene rings is 1. The maximum atomic E-state index is 12.1. The number of nitro benzene ring substituents is 1. The molecule has 0 spiro atoms. The zero-order valence-corrected chi connectivity index (χ0v) is 11.7. The zero-order valence-electron chi connectivity index (χ0n) is 10.9. The lowest BCUT2D eigenvalue weighted by Gasteiger charge is -2.07. The molecule has 1 heterocycles. The van der Waals surface area contributed by atoms with Crippen LogP contribution in [-0.4, -0.2) is 18.3 Å². The van der Waals surface area contributed by atoms with Crippen LogP contribution in [0.2, 0.25) is 0 Å². The molecule has 110 valence electrons. The molecule has 0 amide bonds. The van der Waals surface area contributed by atoms with Crippen LogP contribution in [0.25, 0.3) is 0 Å². The minimum atomic E-state index is -4.08. The summed E-state index contributed by atoms with van der Waals surface area (Å²) in [6.45, 7) is 1.65. The third-order valence-corrected chi connectivity index (χ3v) is 4.00. The first-order valence-electron chi connectivity index (χ1n) is 5.77. The van der Waals surface area contributed by atoms with E-state index >= 15 is 0 Å². The normalized spacial score (nSPS) is 11.1. The summed E-state index contributed by atoms with van der Waals surface area (Å²) in [7, 11) is -4.08. The first-order chi connectivity index (χ1) is 9.79. The number of aromatic amines is 1. The summed E-state index contributed by atoms with van der Waals surface area (Å²) >= 11 is 0. The highest BCUT2D eigenvalue weighted by atomic mass is 32.2. The van der Waals surface area contributed by atoms with E-state index in [9.17, 15) is 23.3 Å². The molecule has 8 nitrogen and oxygen atoms in total. The van der Waals surface area contributed by atoms with Gasteiger partial charge in [0.1, 0.15) is 5.69 Å². The molecule has 0 radical (unpaired) electrons. The van der Waals surface area contributed by atoms with Crippen LogP contribution in [0.5, 0.6) is 0 Å². The first-order valence-corrected chi connectivity index (χ1v) is 7.25. The fourth-order valence-corrected chi connectivity index (χ4v) is 2.72. The third-order valence-electron chi connectivity index (χ3n) is 2.64.